The van der Waals surface area contributed by atoms with Crippen LogP contribution in [0.5, 0.6) is 0 Å². The molecular weight excluding hydrogens is 190 g/mol. The average Bonchev–Trinajstić information content (AvgIpc) is 2.84. The van der Waals surface area contributed by atoms with Gasteiger partial charge in [-0.3, -0.25) is 0 Å². The monoisotopic (exact) mass is 203 g/mol. The SMILES string of the molecule is Cc1cnc2nc(C3CCCO3)[nH]c2c1. The summed E-state index contributed by atoms with van der Waals surface area (Å²) >= 11 is 0. The zero-order valence-corrected chi connectivity index (χ0v) is 8.66. The van der Waals surface area contributed by atoms with E-state index in [2.05, 4.69) is 21.0 Å². The maximum atomic E-state index is 5.58. The van der Waals surface area contributed by atoms with Crippen LogP contribution >= 0.6 is 0 Å². The van der Waals surface area contributed by atoms with Crippen LogP contribution in [-0.2, 0) is 4.74 Å². The molecule has 1 unspecified atom stereocenters. The molecule has 2 aromatic heterocycles. The van der Waals surface area contributed by atoms with Crippen LogP contribution in [0.15, 0.2) is 12.3 Å². The molecule has 0 amide bonds. The molecule has 0 spiro atoms. The molecule has 1 saturated heterocycles. The number of fused-ring (bicyclic) bond motifs is 1. The van der Waals surface area contributed by atoms with Crippen molar-refractivity contribution in [3.63, 3.8) is 0 Å². The Labute approximate surface area is 87.7 Å². The number of hydrogen-bond donors (Lipinski definition) is 1. The quantitative estimate of drug-likeness (QED) is 0.772. The number of aromatic nitrogens is 3. The van der Waals surface area contributed by atoms with E-state index >= 15 is 0 Å². The van der Waals surface area contributed by atoms with E-state index in [4.69, 9.17) is 4.74 Å². The minimum Gasteiger partial charge on any atom is -0.370 e. The van der Waals surface area contributed by atoms with Gasteiger partial charge in [0.2, 0.25) is 0 Å². The third-order valence-electron chi connectivity index (χ3n) is 2.73. The molecule has 4 heteroatoms. The number of rotatable bonds is 1. The predicted molar refractivity (Wildman–Crippen MR) is 56.6 cm³/mol. The molecule has 1 aliphatic heterocycles. The molecule has 1 fully saturated rings. The summed E-state index contributed by atoms with van der Waals surface area (Å²) in [5, 5.41) is 0. The van der Waals surface area contributed by atoms with Crippen LogP contribution in [0.1, 0.15) is 30.3 Å². The molecule has 1 atom stereocenters. The third kappa shape index (κ3) is 1.51. The van der Waals surface area contributed by atoms with Gasteiger partial charge in [0, 0.05) is 12.8 Å². The normalized spacial score (nSPS) is 21.3. The largest absolute Gasteiger partial charge is 0.370 e. The van der Waals surface area contributed by atoms with Gasteiger partial charge in [-0.15, -0.1) is 0 Å². The molecule has 3 heterocycles. The Bertz CT molecular complexity index is 486. The highest BCUT2D eigenvalue weighted by molar-refractivity contribution is 5.71. The maximum Gasteiger partial charge on any atom is 0.177 e. The van der Waals surface area contributed by atoms with Crippen molar-refractivity contribution in [3.05, 3.63) is 23.7 Å². The van der Waals surface area contributed by atoms with Gasteiger partial charge in [0.1, 0.15) is 11.9 Å². The Morgan fingerprint density at radius 1 is 1.53 bits per heavy atom. The van der Waals surface area contributed by atoms with Gasteiger partial charge >= 0.3 is 0 Å². The number of nitrogens with one attached hydrogen (secondary N) is 1. The topological polar surface area (TPSA) is 50.8 Å². The lowest BCUT2D eigenvalue weighted by molar-refractivity contribution is 0.106. The number of aromatic amines is 1. The molecule has 0 aromatic carbocycles. The van der Waals surface area contributed by atoms with E-state index in [-0.39, 0.29) is 6.10 Å². The number of ether oxygens (including phenoxy) is 1. The second-order valence-corrected chi connectivity index (χ2v) is 4.01. The van der Waals surface area contributed by atoms with Crippen molar-refractivity contribution in [1.82, 2.24) is 15.0 Å². The summed E-state index contributed by atoms with van der Waals surface area (Å²) in [4.78, 5) is 12.0. The summed E-state index contributed by atoms with van der Waals surface area (Å²) in [6.07, 6.45) is 4.15. The Morgan fingerprint density at radius 2 is 2.47 bits per heavy atom. The first-order chi connectivity index (χ1) is 7.33. The second kappa shape index (κ2) is 3.31. The lowest BCUT2D eigenvalue weighted by atomic mass is 10.2. The lowest BCUT2D eigenvalue weighted by Gasteiger charge is -2.03. The summed E-state index contributed by atoms with van der Waals surface area (Å²) < 4.78 is 5.58. The van der Waals surface area contributed by atoms with Crippen molar-refractivity contribution in [1.29, 1.82) is 0 Å². The molecule has 3 rings (SSSR count). The number of pyridine rings is 1. The van der Waals surface area contributed by atoms with E-state index in [1.54, 1.807) is 0 Å². The third-order valence-corrected chi connectivity index (χ3v) is 2.73. The van der Waals surface area contributed by atoms with E-state index < -0.39 is 0 Å². The van der Waals surface area contributed by atoms with E-state index in [0.717, 1.165) is 42.0 Å². The van der Waals surface area contributed by atoms with Gasteiger partial charge in [0.15, 0.2) is 5.65 Å². The fraction of sp³-hybridized carbons (Fsp3) is 0.455. The van der Waals surface area contributed by atoms with Crippen molar-refractivity contribution in [2.45, 2.75) is 25.9 Å². The molecule has 4 nitrogen and oxygen atoms in total. The van der Waals surface area contributed by atoms with Crippen molar-refractivity contribution < 1.29 is 4.74 Å². The van der Waals surface area contributed by atoms with Crippen LogP contribution in [-0.4, -0.2) is 21.6 Å². The van der Waals surface area contributed by atoms with Crippen molar-refractivity contribution in [2.75, 3.05) is 6.61 Å². The number of aryl methyl sites for hydroxylation is 1. The second-order valence-electron chi connectivity index (χ2n) is 4.01. The molecule has 2 aromatic rings. The van der Waals surface area contributed by atoms with Crippen LogP contribution in [0.25, 0.3) is 11.2 Å². The van der Waals surface area contributed by atoms with E-state index in [0.29, 0.717) is 0 Å². The molecule has 78 valence electrons. The lowest BCUT2D eigenvalue weighted by Crippen LogP contribution is -1.97. The zero-order valence-electron chi connectivity index (χ0n) is 8.66. The maximum absolute atomic E-state index is 5.58. The van der Waals surface area contributed by atoms with Crippen LogP contribution in [0, 0.1) is 6.92 Å². The summed E-state index contributed by atoms with van der Waals surface area (Å²) in [7, 11) is 0. The van der Waals surface area contributed by atoms with Gasteiger partial charge in [0.25, 0.3) is 0 Å². The average molecular weight is 203 g/mol. The fourth-order valence-electron chi connectivity index (χ4n) is 1.97. The minimum absolute atomic E-state index is 0.138. The minimum atomic E-state index is 0.138. The van der Waals surface area contributed by atoms with Crippen LogP contribution in [0.3, 0.4) is 0 Å². The van der Waals surface area contributed by atoms with Gasteiger partial charge in [0.05, 0.1) is 5.52 Å². The van der Waals surface area contributed by atoms with Crippen LogP contribution in [0.4, 0.5) is 0 Å². The van der Waals surface area contributed by atoms with Crippen molar-refractivity contribution in [2.24, 2.45) is 0 Å². The van der Waals surface area contributed by atoms with Gasteiger partial charge in [-0.1, -0.05) is 0 Å². The van der Waals surface area contributed by atoms with Crippen LogP contribution in [0.2, 0.25) is 0 Å². The number of hydrogen-bond acceptors (Lipinski definition) is 3. The number of nitrogens with zero attached hydrogens (tertiary/aromatic N) is 2. The molecule has 0 aliphatic carbocycles. The highest BCUT2D eigenvalue weighted by Gasteiger charge is 2.21. The smallest absolute Gasteiger partial charge is 0.177 e. The molecule has 1 aliphatic rings. The standard InChI is InChI=1S/C11H13N3O/c1-7-5-8-10(12-6-7)14-11(13-8)9-3-2-4-15-9/h5-6,9H,2-4H2,1H3,(H,12,13,14). The molecule has 0 radical (unpaired) electrons. The predicted octanol–water partition coefficient (Wildman–Crippen LogP) is 2.12. The van der Waals surface area contributed by atoms with Gasteiger partial charge < -0.3 is 9.72 Å². The Morgan fingerprint density at radius 3 is 3.27 bits per heavy atom. The molecule has 0 bridgehead atoms. The first-order valence-corrected chi connectivity index (χ1v) is 5.27. The van der Waals surface area contributed by atoms with Crippen molar-refractivity contribution in [3.8, 4) is 0 Å². The van der Waals surface area contributed by atoms with Gasteiger partial charge in [-0.2, -0.15) is 0 Å². The van der Waals surface area contributed by atoms with E-state index in [1.165, 1.54) is 0 Å². The number of imidazole rings is 1. The summed E-state index contributed by atoms with van der Waals surface area (Å²) in [6, 6.07) is 2.06. The van der Waals surface area contributed by atoms with Gasteiger partial charge in [-0.25, -0.2) is 9.97 Å². The first-order valence-electron chi connectivity index (χ1n) is 5.27. The molecule has 15 heavy (non-hydrogen) atoms. The van der Waals surface area contributed by atoms with Crippen molar-refractivity contribution >= 4 is 11.2 Å². The van der Waals surface area contributed by atoms with Gasteiger partial charge in [-0.05, 0) is 31.4 Å². The zero-order chi connectivity index (χ0) is 10.3. The summed E-state index contributed by atoms with van der Waals surface area (Å²) in [5.74, 6) is 0.917. The van der Waals surface area contributed by atoms with Crippen LogP contribution < -0.4 is 0 Å². The highest BCUT2D eigenvalue weighted by atomic mass is 16.5. The van der Waals surface area contributed by atoms with E-state index in [9.17, 15) is 0 Å². The first kappa shape index (κ1) is 8.85. The molecule has 1 N–H and O–H groups in total. The summed E-state index contributed by atoms with van der Waals surface area (Å²) in [6.45, 7) is 2.87. The number of H-pyrrole nitrogens is 1. The molecule has 0 saturated carbocycles. The Kier molecular flexibility index (Phi) is 1.95. The van der Waals surface area contributed by atoms with E-state index in [1.807, 2.05) is 13.1 Å². The molecular formula is C11H13N3O. The summed E-state index contributed by atoms with van der Waals surface area (Å²) in [5.41, 5.74) is 2.93. The Balaban J connectivity index is 2.05. The Hall–Kier alpha value is -1.42. The highest BCUT2D eigenvalue weighted by Crippen LogP contribution is 2.27. The fourth-order valence-corrected chi connectivity index (χ4v) is 1.97.